The van der Waals surface area contributed by atoms with Gasteiger partial charge in [0.15, 0.2) is 0 Å². The number of amides is 1. The van der Waals surface area contributed by atoms with Crippen LogP contribution in [-0.2, 0) is 4.74 Å². The van der Waals surface area contributed by atoms with Gasteiger partial charge in [-0.15, -0.1) is 0 Å². The molecule has 1 aliphatic carbocycles. The van der Waals surface area contributed by atoms with E-state index in [9.17, 15) is 9.18 Å². The lowest BCUT2D eigenvalue weighted by Crippen LogP contribution is -2.52. The second kappa shape index (κ2) is 10.5. The van der Waals surface area contributed by atoms with E-state index in [-0.39, 0.29) is 24.6 Å². The number of halogens is 3. The van der Waals surface area contributed by atoms with Crippen molar-refractivity contribution in [2.75, 3.05) is 31.6 Å². The van der Waals surface area contributed by atoms with Crippen molar-refractivity contribution in [3.63, 3.8) is 0 Å². The summed E-state index contributed by atoms with van der Waals surface area (Å²) in [5.74, 6) is 1.51. The first kappa shape index (κ1) is 24.7. The summed E-state index contributed by atoms with van der Waals surface area (Å²) >= 11 is 12.2. The molecular weight excluding hydrogens is 492 g/mol. The van der Waals surface area contributed by atoms with Crippen molar-refractivity contribution in [1.82, 2.24) is 20.2 Å². The van der Waals surface area contributed by atoms with Crippen molar-refractivity contribution in [2.24, 2.45) is 0 Å². The fourth-order valence-electron chi connectivity index (χ4n) is 4.69. The topological polar surface area (TPSA) is 79.4 Å². The Morgan fingerprint density at radius 3 is 2.57 bits per heavy atom. The van der Waals surface area contributed by atoms with Crippen LogP contribution in [0.5, 0.6) is 0 Å². The van der Waals surface area contributed by atoms with Gasteiger partial charge in [-0.25, -0.2) is 14.4 Å². The summed E-state index contributed by atoms with van der Waals surface area (Å²) in [5, 5.41) is 7.66. The highest BCUT2D eigenvalue weighted by molar-refractivity contribution is 6.42. The highest BCUT2D eigenvalue weighted by atomic mass is 35.5. The van der Waals surface area contributed by atoms with E-state index in [0.29, 0.717) is 65.0 Å². The van der Waals surface area contributed by atoms with Crippen molar-refractivity contribution >= 4 is 40.6 Å². The average Bonchev–Trinajstić information content (AvgIpc) is 3.70. The van der Waals surface area contributed by atoms with Gasteiger partial charge in [0.25, 0.3) is 5.91 Å². The van der Waals surface area contributed by atoms with Crippen LogP contribution in [0.3, 0.4) is 0 Å². The SMILES string of the molecule is Cc1c(Nc2ccc(Cl)c(Cl)c2)nc(C2CC2)nc1C(=O)N1CCC(N[C@@H]2CCOC[C@@H]2F)CC1. The molecule has 2 N–H and O–H groups in total. The van der Waals surface area contributed by atoms with E-state index < -0.39 is 6.17 Å². The molecule has 1 amide bonds. The van der Waals surface area contributed by atoms with Crippen molar-refractivity contribution < 1.29 is 13.9 Å². The largest absolute Gasteiger partial charge is 0.378 e. The molecule has 2 aromatic rings. The first-order valence-corrected chi connectivity index (χ1v) is 13.0. The van der Waals surface area contributed by atoms with Crippen LogP contribution in [0.25, 0.3) is 0 Å². The van der Waals surface area contributed by atoms with E-state index in [1.165, 1.54) is 0 Å². The van der Waals surface area contributed by atoms with Gasteiger partial charge in [0.2, 0.25) is 0 Å². The van der Waals surface area contributed by atoms with Crippen LogP contribution in [0.1, 0.15) is 59.9 Å². The minimum atomic E-state index is -0.977. The van der Waals surface area contributed by atoms with Crippen molar-refractivity contribution in [1.29, 1.82) is 0 Å². The number of nitrogens with one attached hydrogen (secondary N) is 2. The van der Waals surface area contributed by atoms with Crippen molar-refractivity contribution in [2.45, 2.75) is 63.2 Å². The molecule has 2 aliphatic heterocycles. The predicted octanol–water partition coefficient (Wildman–Crippen LogP) is 5.03. The fraction of sp³-hybridized carbons (Fsp3) is 0.560. The van der Waals surface area contributed by atoms with Gasteiger partial charge in [-0.05, 0) is 57.2 Å². The van der Waals surface area contributed by atoms with Gasteiger partial charge >= 0.3 is 0 Å². The summed E-state index contributed by atoms with van der Waals surface area (Å²) < 4.78 is 19.3. The zero-order chi connectivity index (χ0) is 24.5. The van der Waals surface area contributed by atoms with Crippen LogP contribution in [0.4, 0.5) is 15.9 Å². The monoisotopic (exact) mass is 521 g/mol. The molecular formula is C25H30Cl2FN5O2. The molecule has 0 radical (unpaired) electrons. The number of hydrogen-bond donors (Lipinski definition) is 2. The maximum atomic E-state index is 14.1. The lowest BCUT2D eigenvalue weighted by atomic mass is 10.00. The number of benzene rings is 1. The van der Waals surface area contributed by atoms with Gasteiger partial charge in [0, 0.05) is 48.9 Å². The van der Waals surface area contributed by atoms with Gasteiger partial charge < -0.3 is 20.3 Å². The zero-order valence-corrected chi connectivity index (χ0v) is 21.2. The summed E-state index contributed by atoms with van der Waals surface area (Å²) in [6.45, 7) is 3.82. The molecule has 2 atom stereocenters. The average molecular weight is 522 g/mol. The van der Waals surface area contributed by atoms with Crippen LogP contribution in [-0.4, -0.2) is 65.3 Å². The first-order chi connectivity index (χ1) is 16.9. The molecule has 1 saturated carbocycles. The summed E-state index contributed by atoms with van der Waals surface area (Å²) in [6, 6.07) is 5.31. The number of ether oxygens (including phenoxy) is 1. The Labute approximate surface area is 214 Å². The maximum Gasteiger partial charge on any atom is 0.272 e. The molecule has 10 heteroatoms. The Morgan fingerprint density at radius 1 is 1.11 bits per heavy atom. The first-order valence-electron chi connectivity index (χ1n) is 12.3. The molecule has 5 rings (SSSR count). The molecule has 1 aromatic carbocycles. The minimum Gasteiger partial charge on any atom is -0.378 e. The molecule has 3 heterocycles. The standard InChI is InChI=1S/C25H30Cl2FN5O2/c1-14-22(25(34)33-9-6-16(7-10-33)29-21-8-11-35-13-20(21)28)31-24(15-2-3-15)32-23(14)30-17-4-5-18(26)19(27)12-17/h4-5,12,15-16,20-21,29H,2-3,6-11,13H2,1H3,(H,30,31,32)/t20-,21+/m0/s1. The molecule has 2 saturated heterocycles. The van der Waals surface area contributed by atoms with Crippen LogP contribution < -0.4 is 10.6 Å². The minimum absolute atomic E-state index is 0.0862. The fourth-order valence-corrected chi connectivity index (χ4v) is 4.99. The lowest BCUT2D eigenvalue weighted by molar-refractivity contribution is 0.00840. The summed E-state index contributed by atoms with van der Waals surface area (Å²) in [7, 11) is 0. The number of aromatic nitrogens is 2. The van der Waals surface area contributed by atoms with Gasteiger partial charge in [-0.2, -0.15) is 0 Å². The van der Waals surface area contributed by atoms with E-state index in [1.807, 2.05) is 17.9 Å². The van der Waals surface area contributed by atoms with Gasteiger partial charge in [0.05, 0.1) is 16.7 Å². The maximum absolute atomic E-state index is 14.1. The highest BCUT2D eigenvalue weighted by Gasteiger charge is 2.33. The number of carbonyl (C=O) groups is 1. The van der Waals surface area contributed by atoms with Crippen LogP contribution in [0.15, 0.2) is 18.2 Å². The Kier molecular flexibility index (Phi) is 7.44. The smallest absolute Gasteiger partial charge is 0.272 e. The Morgan fingerprint density at radius 2 is 1.89 bits per heavy atom. The number of anilines is 2. The molecule has 0 unspecified atom stereocenters. The summed E-state index contributed by atoms with van der Waals surface area (Å²) in [6.07, 6.45) is 3.32. The van der Waals surface area contributed by atoms with Gasteiger partial charge in [-0.1, -0.05) is 23.2 Å². The lowest BCUT2D eigenvalue weighted by Gasteiger charge is -2.36. The number of rotatable bonds is 6. The Bertz CT molecular complexity index is 1090. The van der Waals surface area contributed by atoms with Crippen LogP contribution in [0.2, 0.25) is 10.0 Å². The van der Waals surface area contributed by atoms with Gasteiger partial charge in [0.1, 0.15) is 23.5 Å². The Hall–Kier alpha value is -2.00. The van der Waals surface area contributed by atoms with Crippen molar-refractivity contribution in [3.8, 4) is 0 Å². The molecule has 3 fully saturated rings. The number of carbonyl (C=O) groups excluding carboxylic acids is 1. The molecule has 35 heavy (non-hydrogen) atoms. The number of piperidine rings is 1. The van der Waals surface area contributed by atoms with Crippen LogP contribution in [0, 0.1) is 6.92 Å². The summed E-state index contributed by atoms with van der Waals surface area (Å²) in [4.78, 5) is 24.8. The molecule has 1 aromatic heterocycles. The van der Waals surface area contributed by atoms with E-state index >= 15 is 0 Å². The number of alkyl halides is 1. The second-order valence-electron chi connectivity index (χ2n) is 9.65. The quantitative estimate of drug-likeness (QED) is 0.554. The van der Waals surface area contributed by atoms with E-state index in [0.717, 1.165) is 31.4 Å². The van der Waals surface area contributed by atoms with Crippen molar-refractivity contribution in [3.05, 3.63) is 45.3 Å². The third kappa shape index (κ3) is 5.71. The normalized spacial score (nSPS) is 23.4. The zero-order valence-electron chi connectivity index (χ0n) is 19.7. The predicted molar refractivity (Wildman–Crippen MR) is 135 cm³/mol. The highest BCUT2D eigenvalue weighted by Crippen LogP contribution is 2.39. The third-order valence-corrected chi connectivity index (χ3v) is 7.75. The molecule has 0 spiro atoms. The number of hydrogen-bond acceptors (Lipinski definition) is 6. The number of nitrogens with zero attached hydrogens (tertiary/aromatic N) is 3. The van der Waals surface area contributed by atoms with Gasteiger partial charge in [-0.3, -0.25) is 4.79 Å². The van der Waals surface area contributed by atoms with Crippen LogP contribution >= 0.6 is 23.2 Å². The second-order valence-corrected chi connectivity index (χ2v) is 10.5. The summed E-state index contributed by atoms with van der Waals surface area (Å²) in [5.41, 5.74) is 1.88. The Balaban J connectivity index is 1.30. The third-order valence-electron chi connectivity index (χ3n) is 7.01. The van der Waals surface area contributed by atoms with E-state index in [1.54, 1.807) is 12.1 Å². The molecule has 7 nitrogen and oxygen atoms in total. The molecule has 188 valence electrons. The van der Waals surface area contributed by atoms with E-state index in [2.05, 4.69) is 10.6 Å². The molecule has 0 bridgehead atoms. The van der Waals surface area contributed by atoms with E-state index in [4.69, 9.17) is 37.9 Å². The molecule has 3 aliphatic rings. The number of likely N-dealkylation sites (tertiary alicyclic amines) is 1.